The molecule has 204 valence electrons. The number of hydrogen-bond donors (Lipinski definition) is 0. The van der Waals surface area contributed by atoms with Gasteiger partial charge in [0.1, 0.15) is 0 Å². The standard InChI is InChI=1S/C34H48F2O/c1-3-5-7-25-10-16-28(17-11-25)29-18-12-26(13-19-29)8-9-27-14-20-30(21-15-27)31-22-23-32(34(36)33(31)35)37-24-6-4-2/h3,8-9,20,22-23,25-29H,1,4-7,10-19,21,24H2,2H3. The van der Waals surface area contributed by atoms with Crippen LogP contribution < -0.4 is 4.74 Å². The molecule has 1 nitrogen and oxygen atoms in total. The van der Waals surface area contributed by atoms with Crippen molar-refractivity contribution < 1.29 is 13.5 Å². The Morgan fingerprint density at radius 1 is 0.892 bits per heavy atom. The average molecular weight is 511 g/mol. The molecule has 2 saturated carbocycles. The third-order valence-corrected chi connectivity index (χ3v) is 9.41. The van der Waals surface area contributed by atoms with Crippen LogP contribution >= 0.6 is 0 Å². The Labute approximate surface area is 224 Å². The van der Waals surface area contributed by atoms with Crippen LogP contribution in [0, 0.1) is 41.2 Å². The molecule has 0 bridgehead atoms. The normalized spacial score (nSPS) is 28.7. The zero-order valence-corrected chi connectivity index (χ0v) is 23.0. The van der Waals surface area contributed by atoms with E-state index in [0.29, 0.717) is 18.1 Å². The van der Waals surface area contributed by atoms with E-state index in [1.165, 1.54) is 64.2 Å². The van der Waals surface area contributed by atoms with Crippen molar-refractivity contribution in [1.82, 2.24) is 0 Å². The quantitative estimate of drug-likeness (QED) is 0.212. The van der Waals surface area contributed by atoms with E-state index < -0.39 is 11.6 Å². The molecule has 1 aromatic rings. The zero-order valence-electron chi connectivity index (χ0n) is 23.0. The van der Waals surface area contributed by atoms with E-state index in [2.05, 4.69) is 30.9 Å². The molecular formula is C34H48F2O. The molecule has 0 aromatic heterocycles. The lowest BCUT2D eigenvalue weighted by Gasteiger charge is -2.37. The van der Waals surface area contributed by atoms with Crippen molar-refractivity contribution in [2.75, 3.05) is 6.61 Å². The minimum Gasteiger partial charge on any atom is -0.490 e. The van der Waals surface area contributed by atoms with Crippen LogP contribution in [-0.4, -0.2) is 6.61 Å². The van der Waals surface area contributed by atoms with E-state index in [1.54, 1.807) is 12.1 Å². The third kappa shape index (κ3) is 7.80. The molecule has 0 N–H and O–H groups in total. The maximum Gasteiger partial charge on any atom is 0.201 e. The number of rotatable bonds is 11. The maximum absolute atomic E-state index is 14.8. The van der Waals surface area contributed by atoms with Crippen molar-refractivity contribution in [3.8, 4) is 5.75 Å². The molecule has 1 unspecified atom stereocenters. The van der Waals surface area contributed by atoms with Crippen LogP contribution in [0.2, 0.25) is 0 Å². The van der Waals surface area contributed by atoms with Crippen LogP contribution in [0.15, 0.2) is 43.0 Å². The van der Waals surface area contributed by atoms with Crippen molar-refractivity contribution in [3.63, 3.8) is 0 Å². The minimum atomic E-state index is -0.854. The van der Waals surface area contributed by atoms with E-state index in [9.17, 15) is 8.78 Å². The fourth-order valence-electron chi connectivity index (χ4n) is 6.92. The highest BCUT2D eigenvalue weighted by Gasteiger charge is 2.30. The summed E-state index contributed by atoms with van der Waals surface area (Å²) in [4.78, 5) is 0. The Morgan fingerprint density at radius 2 is 1.59 bits per heavy atom. The van der Waals surface area contributed by atoms with Crippen LogP contribution in [0.1, 0.15) is 109 Å². The van der Waals surface area contributed by atoms with Crippen molar-refractivity contribution in [2.24, 2.45) is 29.6 Å². The molecule has 37 heavy (non-hydrogen) atoms. The molecule has 0 saturated heterocycles. The summed E-state index contributed by atoms with van der Waals surface area (Å²) in [5.74, 6) is 2.49. The fourth-order valence-corrected chi connectivity index (χ4v) is 6.92. The summed E-state index contributed by atoms with van der Waals surface area (Å²) >= 11 is 0. The Balaban J connectivity index is 1.21. The Morgan fingerprint density at radius 3 is 2.24 bits per heavy atom. The molecule has 0 amide bonds. The first-order valence-electron chi connectivity index (χ1n) is 15.2. The lowest BCUT2D eigenvalue weighted by Crippen LogP contribution is -2.25. The van der Waals surface area contributed by atoms with Gasteiger partial charge < -0.3 is 4.74 Å². The monoisotopic (exact) mass is 510 g/mol. The molecule has 4 rings (SSSR count). The van der Waals surface area contributed by atoms with E-state index in [4.69, 9.17) is 4.74 Å². The van der Waals surface area contributed by atoms with Crippen LogP contribution in [0.5, 0.6) is 5.75 Å². The smallest absolute Gasteiger partial charge is 0.201 e. The molecule has 0 heterocycles. The molecule has 3 aliphatic carbocycles. The van der Waals surface area contributed by atoms with Crippen LogP contribution in [0.3, 0.4) is 0 Å². The van der Waals surface area contributed by atoms with Crippen molar-refractivity contribution in [2.45, 2.75) is 103 Å². The summed E-state index contributed by atoms with van der Waals surface area (Å²) in [7, 11) is 0. The summed E-state index contributed by atoms with van der Waals surface area (Å²) in [5.41, 5.74) is 1.33. The van der Waals surface area contributed by atoms with Gasteiger partial charge >= 0.3 is 0 Å². The molecule has 0 aliphatic heterocycles. The van der Waals surface area contributed by atoms with Gasteiger partial charge in [0.05, 0.1) is 6.61 Å². The van der Waals surface area contributed by atoms with Gasteiger partial charge in [-0.1, -0.05) is 50.5 Å². The summed E-state index contributed by atoms with van der Waals surface area (Å²) in [5, 5.41) is 0. The number of unbranched alkanes of at least 4 members (excludes halogenated alkanes) is 1. The van der Waals surface area contributed by atoms with E-state index in [1.807, 2.05) is 6.92 Å². The van der Waals surface area contributed by atoms with Gasteiger partial charge in [0, 0.05) is 5.56 Å². The van der Waals surface area contributed by atoms with Gasteiger partial charge in [-0.25, -0.2) is 4.39 Å². The maximum atomic E-state index is 14.8. The van der Waals surface area contributed by atoms with Gasteiger partial charge in [0.25, 0.3) is 0 Å². The fraction of sp³-hybridized carbons (Fsp3) is 0.647. The minimum absolute atomic E-state index is 0.0258. The Kier molecular flexibility index (Phi) is 10.9. The number of hydrogen-bond acceptors (Lipinski definition) is 1. The van der Waals surface area contributed by atoms with Gasteiger partial charge in [-0.2, -0.15) is 4.39 Å². The van der Waals surface area contributed by atoms with Crippen molar-refractivity contribution >= 4 is 5.57 Å². The second-order valence-corrected chi connectivity index (χ2v) is 11.9. The molecule has 3 aliphatic rings. The zero-order chi connectivity index (χ0) is 26.0. The average Bonchev–Trinajstić information content (AvgIpc) is 2.94. The number of halogens is 2. The SMILES string of the molecule is C=CCCC1CCC(C2CCC(C=CC3CC=C(c4ccc(OCCCC)c(F)c4F)CC3)CC2)CC1. The summed E-state index contributed by atoms with van der Waals surface area (Å²) in [6, 6.07) is 3.27. The Bertz CT molecular complexity index is 916. The van der Waals surface area contributed by atoms with Gasteiger partial charge in [0.15, 0.2) is 11.6 Å². The summed E-state index contributed by atoms with van der Waals surface area (Å²) in [6.07, 6.45) is 27.4. The van der Waals surface area contributed by atoms with E-state index >= 15 is 0 Å². The molecule has 3 heteroatoms. The number of benzene rings is 1. The van der Waals surface area contributed by atoms with Gasteiger partial charge in [-0.3, -0.25) is 0 Å². The second kappa shape index (κ2) is 14.3. The molecule has 1 atom stereocenters. The Hall–Kier alpha value is -1.90. The highest BCUT2D eigenvalue weighted by atomic mass is 19.2. The second-order valence-electron chi connectivity index (χ2n) is 11.9. The molecular weight excluding hydrogens is 462 g/mol. The van der Waals surface area contributed by atoms with Crippen LogP contribution in [0.25, 0.3) is 5.57 Å². The molecule has 0 radical (unpaired) electrons. The third-order valence-electron chi connectivity index (χ3n) is 9.41. The predicted molar refractivity (Wildman–Crippen MR) is 152 cm³/mol. The van der Waals surface area contributed by atoms with E-state index in [-0.39, 0.29) is 5.75 Å². The van der Waals surface area contributed by atoms with E-state index in [0.717, 1.165) is 61.3 Å². The highest BCUT2D eigenvalue weighted by molar-refractivity contribution is 5.67. The van der Waals surface area contributed by atoms with Crippen LogP contribution in [0.4, 0.5) is 8.78 Å². The predicted octanol–water partition coefficient (Wildman–Crippen LogP) is 10.5. The summed E-state index contributed by atoms with van der Waals surface area (Å²) < 4.78 is 34.7. The largest absolute Gasteiger partial charge is 0.490 e. The highest BCUT2D eigenvalue weighted by Crippen LogP contribution is 2.43. The van der Waals surface area contributed by atoms with Gasteiger partial charge in [-0.15, -0.1) is 6.58 Å². The lowest BCUT2D eigenvalue weighted by molar-refractivity contribution is 0.153. The summed E-state index contributed by atoms with van der Waals surface area (Å²) in [6.45, 7) is 6.35. The lowest BCUT2D eigenvalue weighted by atomic mass is 9.68. The topological polar surface area (TPSA) is 9.23 Å². The van der Waals surface area contributed by atoms with Gasteiger partial charge in [0.2, 0.25) is 5.82 Å². The molecule has 2 fully saturated rings. The van der Waals surface area contributed by atoms with Crippen molar-refractivity contribution in [3.05, 3.63) is 60.2 Å². The first kappa shape index (κ1) is 28.1. The molecule has 1 aromatic carbocycles. The van der Waals surface area contributed by atoms with Crippen molar-refractivity contribution in [1.29, 1.82) is 0 Å². The number of ether oxygens (including phenoxy) is 1. The van der Waals surface area contributed by atoms with Crippen LogP contribution in [-0.2, 0) is 0 Å². The first-order chi connectivity index (χ1) is 18.1. The first-order valence-corrected chi connectivity index (χ1v) is 15.2. The molecule has 0 spiro atoms. The number of allylic oxidation sites excluding steroid dienone is 5. The van der Waals surface area contributed by atoms with Gasteiger partial charge in [-0.05, 0) is 124 Å².